The Morgan fingerprint density at radius 2 is 2.04 bits per heavy atom. The molecule has 1 saturated carbocycles. The molecule has 4 rings (SSSR count). The van der Waals surface area contributed by atoms with Gasteiger partial charge < -0.3 is 9.84 Å². The van der Waals surface area contributed by atoms with Crippen LogP contribution in [0.3, 0.4) is 0 Å². The predicted molar refractivity (Wildman–Crippen MR) is 97.0 cm³/mol. The fourth-order valence-corrected chi connectivity index (χ4v) is 4.74. The molecule has 2 aromatic rings. The minimum Gasteiger partial charge on any atom is -0.494 e. The summed E-state index contributed by atoms with van der Waals surface area (Å²) in [6.45, 7) is 2.75. The molecule has 130 valence electrons. The first-order valence-corrected chi connectivity index (χ1v) is 9.16. The van der Waals surface area contributed by atoms with Crippen molar-refractivity contribution in [3.05, 3.63) is 65.2 Å². The van der Waals surface area contributed by atoms with E-state index in [2.05, 4.69) is 43.3 Å². The average molecular weight is 336 g/mol. The van der Waals surface area contributed by atoms with Crippen molar-refractivity contribution in [2.24, 2.45) is 11.8 Å². The molecule has 3 heteroatoms. The van der Waals surface area contributed by atoms with E-state index in [0.717, 1.165) is 31.4 Å². The van der Waals surface area contributed by atoms with Gasteiger partial charge in [-0.25, -0.2) is 0 Å². The van der Waals surface area contributed by atoms with Gasteiger partial charge in [-0.2, -0.15) is 0 Å². The number of aliphatic carboxylic acids is 1. The molecule has 2 unspecified atom stereocenters. The smallest absolute Gasteiger partial charge is 0.307 e. The van der Waals surface area contributed by atoms with Crippen molar-refractivity contribution in [2.75, 3.05) is 6.61 Å². The number of hydrogen-bond acceptors (Lipinski definition) is 2. The zero-order valence-corrected chi connectivity index (χ0v) is 14.6. The van der Waals surface area contributed by atoms with Crippen molar-refractivity contribution in [3.63, 3.8) is 0 Å². The molecule has 0 aliphatic heterocycles. The summed E-state index contributed by atoms with van der Waals surface area (Å²) in [6, 6.07) is 16.7. The van der Waals surface area contributed by atoms with Gasteiger partial charge in [0.2, 0.25) is 0 Å². The van der Waals surface area contributed by atoms with Crippen LogP contribution in [-0.4, -0.2) is 17.7 Å². The monoisotopic (exact) mass is 336 g/mol. The quantitative estimate of drug-likeness (QED) is 0.803. The minimum absolute atomic E-state index is 0.148. The molecule has 0 radical (unpaired) electrons. The Labute approximate surface area is 148 Å². The fourth-order valence-electron chi connectivity index (χ4n) is 4.74. The SMILES string of the molecule is C[C@H]1C(C(=O)O)C12CCc1ccc(OCCCc3ccccc3)cc12. The normalized spacial score (nSPS) is 26.4. The molecule has 0 saturated heterocycles. The summed E-state index contributed by atoms with van der Waals surface area (Å²) in [6.07, 6.45) is 3.92. The molecule has 0 amide bonds. The number of aryl methyl sites for hydroxylation is 2. The Kier molecular flexibility index (Phi) is 4.03. The maximum absolute atomic E-state index is 11.5. The van der Waals surface area contributed by atoms with Gasteiger partial charge in [0, 0.05) is 5.41 Å². The highest BCUT2D eigenvalue weighted by molar-refractivity contribution is 5.79. The number of ether oxygens (including phenoxy) is 1. The van der Waals surface area contributed by atoms with Crippen LogP contribution in [0.2, 0.25) is 0 Å². The Bertz CT molecular complexity index is 783. The molecule has 0 heterocycles. The minimum atomic E-state index is -0.658. The van der Waals surface area contributed by atoms with Crippen molar-refractivity contribution in [1.29, 1.82) is 0 Å². The van der Waals surface area contributed by atoms with E-state index in [1.807, 2.05) is 12.1 Å². The molecule has 1 fully saturated rings. The van der Waals surface area contributed by atoms with Crippen LogP contribution in [0.5, 0.6) is 5.75 Å². The number of hydrogen-bond donors (Lipinski definition) is 1. The van der Waals surface area contributed by atoms with E-state index in [1.165, 1.54) is 16.7 Å². The second-order valence-corrected chi connectivity index (χ2v) is 7.40. The summed E-state index contributed by atoms with van der Waals surface area (Å²) in [4.78, 5) is 11.5. The summed E-state index contributed by atoms with van der Waals surface area (Å²) >= 11 is 0. The van der Waals surface area contributed by atoms with E-state index in [4.69, 9.17) is 4.74 Å². The molecular weight excluding hydrogens is 312 g/mol. The van der Waals surface area contributed by atoms with Crippen LogP contribution < -0.4 is 4.74 Å². The number of carboxylic acids is 1. The summed E-state index contributed by atoms with van der Waals surface area (Å²) in [5.74, 6) is 0.201. The Morgan fingerprint density at radius 3 is 2.76 bits per heavy atom. The van der Waals surface area contributed by atoms with E-state index < -0.39 is 5.97 Å². The third-order valence-corrected chi connectivity index (χ3v) is 6.14. The van der Waals surface area contributed by atoms with Gasteiger partial charge in [0.15, 0.2) is 0 Å². The van der Waals surface area contributed by atoms with Crippen LogP contribution in [0.15, 0.2) is 48.5 Å². The van der Waals surface area contributed by atoms with E-state index in [9.17, 15) is 9.90 Å². The molecule has 0 aromatic heterocycles. The second-order valence-electron chi connectivity index (χ2n) is 7.40. The summed E-state index contributed by atoms with van der Waals surface area (Å²) < 4.78 is 5.96. The van der Waals surface area contributed by atoms with Crippen molar-refractivity contribution >= 4 is 5.97 Å². The van der Waals surface area contributed by atoms with E-state index >= 15 is 0 Å². The molecule has 2 aliphatic carbocycles. The third kappa shape index (κ3) is 2.72. The van der Waals surface area contributed by atoms with E-state index in [-0.39, 0.29) is 17.3 Å². The molecule has 2 aromatic carbocycles. The first-order valence-electron chi connectivity index (χ1n) is 9.16. The zero-order valence-electron chi connectivity index (χ0n) is 14.6. The van der Waals surface area contributed by atoms with Gasteiger partial charge in [0.1, 0.15) is 5.75 Å². The standard InChI is InChI=1S/C22H24O3/c1-15-20(21(23)24)22(15)12-11-17-9-10-18(14-19(17)22)25-13-5-8-16-6-3-2-4-7-16/h2-4,6-7,9-10,14-15,20H,5,8,11-13H2,1H3,(H,23,24)/t15-,20?,22?/m0/s1. The lowest BCUT2D eigenvalue weighted by molar-refractivity contribution is -0.139. The van der Waals surface area contributed by atoms with E-state index in [0.29, 0.717) is 6.61 Å². The summed E-state index contributed by atoms with van der Waals surface area (Å²) in [7, 11) is 0. The Morgan fingerprint density at radius 1 is 1.24 bits per heavy atom. The largest absolute Gasteiger partial charge is 0.494 e. The maximum Gasteiger partial charge on any atom is 0.307 e. The average Bonchev–Trinajstić information content (AvgIpc) is 3.05. The van der Waals surface area contributed by atoms with Crippen LogP contribution in [0.1, 0.15) is 36.5 Å². The number of fused-ring (bicyclic) bond motifs is 2. The number of benzene rings is 2. The van der Waals surface area contributed by atoms with Crippen LogP contribution in [0, 0.1) is 11.8 Å². The van der Waals surface area contributed by atoms with Crippen molar-refractivity contribution in [3.8, 4) is 5.75 Å². The fraction of sp³-hybridized carbons (Fsp3) is 0.409. The molecule has 3 atom stereocenters. The lowest BCUT2D eigenvalue weighted by Gasteiger charge is -2.13. The highest BCUT2D eigenvalue weighted by Crippen LogP contribution is 2.66. The van der Waals surface area contributed by atoms with Gasteiger partial charge in [-0.05, 0) is 60.4 Å². The molecule has 2 aliphatic rings. The Hall–Kier alpha value is -2.29. The molecular formula is C22H24O3. The number of rotatable bonds is 6. The van der Waals surface area contributed by atoms with Gasteiger partial charge in [-0.1, -0.05) is 43.3 Å². The predicted octanol–water partition coefficient (Wildman–Crippen LogP) is 4.23. The van der Waals surface area contributed by atoms with Crippen LogP contribution >= 0.6 is 0 Å². The van der Waals surface area contributed by atoms with E-state index in [1.54, 1.807) is 0 Å². The van der Waals surface area contributed by atoms with Crippen molar-refractivity contribution < 1.29 is 14.6 Å². The van der Waals surface area contributed by atoms with Crippen LogP contribution in [0.25, 0.3) is 0 Å². The molecule has 0 bridgehead atoms. The molecule has 1 N–H and O–H groups in total. The second kappa shape index (κ2) is 6.21. The maximum atomic E-state index is 11.5. The topological polar surface area (TPSA) is 46.5 Å². The van der Waals surface area contributed by atoms with Gasteiger partial charge in [-0.15, -0.1) is 0 Å². The van der Waals surface area contributed by atoms with Gasteiger partial charge in [-0.3, -0.25) is 4.79 Å². The highest BCUT2D eigenvalue weighted by atomic mass is 16.5. The summed E-state index contributed by atoms with van der Waals surface area (Å²) in [5.41, 5.74) is 3.69. The van der Waals surface area contributed by atoms with Gasteiger partial charge in [0.05, 0.1) is 12.5 Å². The highest BCUT2D eigenvalue weighted by Gasteiger charge is 2.68. The van der Waals surface area contributed by atoms with Gasteiger partial charge in [0.25, 0.3) is 0 Å². The van der Waals surface area contributed by atoms with Crippen LogP contribution in [0.4, 0.5) is 0 Å². The van der Waals surface area contributed by atoms with Crippen molar-refractivity contribution in [2.45, 2.75) is 38.0 Å². The lowest BCUT2D eigenvalue weighted by Crippen LogP contribution is -2.12. The number of carboxylic acid groups (broad SMARTS) is 1. The number of carbonyl (C=O) groups is 1. The lowest BCUT2D eigenvalue weighted by atomic mass is 9.93. The molecule has 1 spiro atoms. The zero-order chi connectivity index (χ0) is 17.4. The van der Waals surface area contributed by atoms with Crippen molar-refractivity contribution in [1.82, 2.24) is 0 Å². The first-order chi connectivity index (χ1) is 12.1. The first kappa shape index (κ1) is 16.2. The van der Waals surface area contributed by atoms with Gasteiger partial charge >= 0.3 is 5.97 Å². The third-order valence-electron chi connectivity index (χ3n) is 6.14. The van der Waals surface area contributed by atoms with Crippen LogP contribution in [-0.2, 0) is 23.1 Å². The summed E-state index contributed by atoms with van der Waals surface area (Å²) in [5, 5.41) is 9.49. The molecule has 25 heavy (non-hydrogen) atoms. The Balaban J connectivity index is 1.41. The molecule has 3 nitrogen and oxygen atoms in total.